The van der Waals surface area contributed by atoms with Crippen molar-refractivity contribution in [1.29, 1.82) is 0 Å². The van der Waals surface area contributed by atoms with E-state index < -0.39 is 0 Å². The average molecular weight is 222 g/mol. The second kappa shape index (κ2) is 5.80. The van der Waals surface area contributed by atoms with Crippen LogP contribution < -0.4 is 10.6 Å². The molecule has 16 heavy (non-hydrogen) atoms. The molecule has 1 aromatic rings. The monoisotopic (exact) mass is 222 g/mol. The zero-order valence-corrected chi connectivity index (χ0v) is 10.7. The van der Waals surface area contributed by atoms with Crippen molar-refractivity contribution < 1.29 is 0 Å². The van der Waals surface area contributed by atoms with E-state index >= 15 is 0 Å². The first-order valence-corrected chi connectivity index (χ1v) is 5.84. The van der Waals surface area contributed by atoms with E-state index in [9.17, 15) is 0 Å². The molecule has 0 radical (unpaired) electrons. The largest absolute Gasteiger partial charge is 0.356 e. The van der Waals surface area contributed by atoms with Gasteiger partial charge in [0, 0.05) is 24.8 Å². The number of nitrogens with two attached hydrogens (primary N) is 1. The Balaban J connectivity index is 2.86. The lowest BCUT2D eigenvalue weighted by Crippen LogP contribution is -2.32. The van der Waals surface area contributed by atoms with Crippen LogP contribution in [0.25, 0.3) is 0 Å². The van der Waals surface area contributed by atoms with Crippen molar-refractivity contribution in [2.24, 2.45) is 11.7 Å². The molecule has 1 rings (SSSR count). The maximum atomic E-state index is 5.65. The third kappa shape index (κ3) is 3.45. The summed E-state index contributed by atoms with van der Waals surface area (Å²) in [7, 11) is 0. The highest BCUT2D eigenvalue weighted by Crippen LogP contribution is 2.13. The molecular formula is C12H22N4. The predicted molar refractivity (Wildman–Crippen MR) is 67.6 cm³/mol. The Labute approximate surface area is 97.9 Å². The minimum Gasteiger partial charge on any atom is -0.356 e. The van der Waals surface area contributed by atoms with Gasteiger partial charge in [-0.05, 0) is 33.2 Å². The summed E-state index contributed by atoms with van der Waals surface area (Å²) in [5.74, 6) is 2.32. The molecule has 0 spiro atoms. The summed E-state index contributed by atoms with van der Waals surface area (Å²) in [6, 6.07) is 2.03. The van der Waals surface area contributed by atoms with Crippen LogP contribution in [-0.2, 0) is 0 Å². The van der Waals surface area contributed by atoms with Crippen LogP contribution in [0.4, 0.5) is 5.82 Å². The molecule has 0 aliphatic rings. The van der Waals surface area contributed by atoms with E-state index in [4.69, 9.17) is 5.73 Å². The van der Waals surface area contributed by atoms with Crippen LogP contribution in [0.15, 0.2) is 6.07 Å². The smallest absolute Gasteiger partial charge is 0.132 e. The molecule has 0 saturated carbocycles. The zero-order chi connectivity index (χ0) is 12.1. The fraction of sp³-hybridized carbons (Fsp3) is 0.667. The molecule has 4 nitrogen and oxygen atoms in total. The van der Waals surface area contributed by atoms with Gasteiger partial charge in [0.1, 0.15) is 11.6 Å². The van der Waals surface area contributed by atoms with Crippen LogP contribution in [0.3, 0.4) is 0 Å². The third-order valence-electron chi connectivity index (χ3n) is 2.59. The van der Waals surface area contributed by atoms with Crippen molar-refractivity contribution in [3.63, 3.8) is 0 Å². The molecule has 0 amide bonds. The number of anilines is 1. The Kier molecular flexibility index (Phi) is 4.68. The lowest BCUT2D eigenvalue weighted by Gasteiger charge is -2.25. The lowest BCUT2D eigenvalue weighted by molar-refractivity contribution is 0.572. The van der Waals surface area contributed by atoms with Crippen LogP contribution >= 0.6 is 0 Å². The van der Waals surface area contributed by atoms with E-state index in [1.165, 1.54) is 0 Å². The van der Waals surface area contributed by atoms with E-state index in [1.807, 2.05) is 19.9 Å². The standard InChI is InChI=1S/C12H22N4/c1-5-16(8-9(2)7-13)12-6-10(3)14-11(4)15-12/h6,9H,5,7-8,13H2,1-4H3. The Morgan fingerprint density at radius 1 is 1.38 bits per heavy atom. The first-order valence-electron chi connectivity index (χ1n) is 5.84. The highest BCUT2D eigenvalue weighted by molar-refractivity contribution is 5.39. The van der Waals surface area contributed by atoms with E-state index in [0.29, 0.717) is 12.5 Å². The predicted octanol–water partition coefficient (Wildman–Crippen LogP) is 1.51. The molecule has 0 aliphatic carbocycles. The summed E-state index contributed by atoms with van der Waals surface area (Å²) < 4.78 is 0. The molecule has 0 saturated heterocycles. The van der Waals surface area contributed by atoms with Crippen LogP contribution in [0, 0.1) is 19.8 Å². The molecule has 0 aromatic carbocycles. The summed E-state index contributed by atoms with van der Waals surface area (Å²) in [5.41, 5.74) is 6.67. The van der Waals surface area contributed by atoms with Crippen molar-refractivity contribution in [3.05, 3.63) is 17.6 Å². The normalized spacial score (nSPS) is 12.6. The number of nitrogens with zero attached hydrogens (tertiary/aromatic N) is 3. The molecular weight excluding hydrogens is 200 g/mol. The van der Waals surface area contributed by atoms with Gasteiger partial charge in [0.15, 0.2) is 0 Å². The third-order valence-corrected chi connectivity index (χ3v) is 2.59. The molecule has 0 aliphatic heterocycles. The second-order valence-electron chi connectivity index (χ2n) is 4.29. The number of rotatable bonds is 5. The molecule has 0 bridgehead atoms. The fourth-order valence-corrected chi connectivity index (χ4v) is 1.69. The highest BCUT2D eigenvalue weighted by Gasteiger charge is 2.10. The SMILES string of the molecule is CCN(CC(C)CN)c1cc(C)nc(C)n1. The Morgan fingerprint density at radius 3 is 2.56 bits per heavy atom. The number of aromatic nitrogens is 2. The Morgan fingerprint density at radius 2 is 2.06 bits per heavy atom. The molecule has 1 atom stereocenters. The van der Waals surface area contributed by atoms with Crippen molar-refractivity contribution in [1.82, 2.24) is 9.97 Å². The highest BCUT2D eigenvalue weighted by atomic mass is 15.2. The molecule has 1 heterocycles. The van der Waals surface area contributed by atoms with Gasteiger partial charge in [-0.2, -0.15) is 0 Å². The van der Waals surface area contributed by atoms with Crippen LogP contribution in [0.2, 0.25) is 0 Å². The molecule has 4 heteroatoms. The minimum atomic E-state index is 0.482. The maximum Gasteiger partial charge on any atom is 0.132 e. The minimum absolute atomic E-state index is 0.482. The van der Waals surface area contributed by atoms with E-state index in [-0.39, 0.29) is 0 Å². The van der Waals surface area contributed by atoms with Gasteiger partial charge < -0.3 is 10.6 Å². The summed E-state index contributed by atoms with van der Waals surface area (Å²) in [6.45, 7) is 10.8. The van der Waals surface area contributed by atoms with Crippen molar-refractivity contribution in [3.8, 4) is 0 Å². The molecule has 2 N–H and O–H groups in total. The van der Waals surface area contributed by atoms with E-state index in [1.54, 1.807) is 0 Å². The van der Waals surface area contributed by atoms with Gasteiger partial charge in [0.05, 0.1) is 0 Å². The molecule has 1 unspecified atom stereocenters. The van der Waals surface area contributed by atoms with Gasteiger partial charge in [-0.25, -0.2) is 9.97 Å². The topological polar surface area (TPSA) is 55.0 Å². The van der Waals surface area contributed by atoms with E-state index in [0.717, 1.165) is 30.4 Å². The van der Waals surface area contributed by atoms with Crippen LogP contribution in [0.1, 0.15) is 25.4 Å². The Hall–Kier alpha value is -1.16. The lowest BCUT2D eigenvalue weighted by atomic mass is 10.1. The van der Waals surface area contributed by atoms with Gasteiger partial charge in [-0.3, -0.25) is 0 Å². The van der Waals surface area contributed by atoms with Crippen LogP contribution in [-0.4, -0.2) is 29.6 Å². The number of hydrogen-bond donors (Lipinski definition) is 1. The summed E-state index contributed by atoms with van der Waals surface area (Å²) in [4.78, 5) is 11.0. The van der Waals surface area contributed by atoms with Gasteiger partial charge in [-0.1, -0.05) is 6.92 Å². The van der Waals surface area contributed by atoms with Gasteiger partial charge in [-0.15, -0.1) is 0 Å². The van der Waals surface area contributed by atoms with Gasteiger partial charge in [0.2, 0.25) is 0 Å². The molecule has 1 aromatic heterocycles. The maximum absolute atomic E-state index is 5.65. The summed E-state index contributed by atoms with van der Waals surface area (Å²) >= 11 is 0. The number of hydrogen-bond acceptors (Lipinski definition) is 4. The summed E-state index contributed by atoms with van der Waals surface area (Å²) in [6.07, 6.45) is 0. The second-order valence-corrected chi connectivity index (χ2v) is 4.29. The van der Waals surface area contributed by atoms with E-state index in [2.05, 4.69) is 28.7 Å². The molecule has 90 valence electrons. The fourth-order valence-electron chi connectivity index (χ4n) is 1.69. The average Bonchev–Trinajstić information content (AvgIpc) is 2.24. The Bertz CT molecular complexity index is 318. The van der Waals surface area contributed by atoms with Crippen molar-refractivity contribution in [2.75, 3.05) is 24.5 Å². The number of aryl methyl sites for hydroxylation is 2. The van der Waals surface area contributed by atoms with Crippen LogP contribution in [0.5, 0.6) is 0 Å². The van der Waals surface area contributed by atoms with Crippen molar-refractivity contribution >= 4 is 5.82 Å². The molecule has 0 fully saturated rings. The summed E-state index contributed by atoms with van der Waals surface area (Å²) in [5, 5.41) is 0. The zero-order valence-electron chi connectivity index (χ0n) is 10.7. The quantitative estimate of drug-likeness (QED) is 0.820. The first-order chi connectivity index (χ1) is 7.56. The van der Waals surface area contributed by atoms with Crippen molar-refractivity contribution in [2.45, 2.75) is 27.7 Å². The van der Waals surface area contributed by atoms with Gasteiger partial charge >= 0.3 is 0 Å². The van der Waals surface area contributed by atoms with Gasteiger partial charge in [0.25, 0.3) is 0 Å². The first kappa shape index (κ1) is 12.9.